The number of hydrogen-bond acceptors (Lipinski definition) is 7. The molecule has 0 unspecified atom stereocenters. The molecule has 0 bridgehead atoms. The zero-order chi connectivity index (χ0) is 26.2. The Bertz CT molecular complexity index is 1620. The lowest BCUT2D eigenvalue weighted by molar-refractivity contribution is 0.306. The molecule has 0 aliphatic heterocycles. The summed E-state index contributed by atoms with van der Waals surface area (Å²) in [6.07, 6.45) is 3.57. The number of nitrogens with zero attached hydrogens (tertiary/aromatic N) is 2. The van der Waals surface area contributed by atoms with Crippen molar-refractivity contribution in [3.63, 3.8) is 0 Å². The maximum Gasteiger partial charge on any atom is 0.440 e. The number of pyridine rings is 2. The molecule has 5 rings (SSSR count). The predicted octanol–water partition coefficient (Wildman–Crippen LogP) is 4.71. The normalized spacial score (nSPS) is 11.8. The quantitative estimate of drug-likeness (QED) is 0.183. The second-order valence-corrected chi connectivity index (χ2v) is 11.0. The highest BCUT2D eigenvalue weighted by molar-refractivity contribution is 7.66. The van der Waals surface area contributed by atoms with Gasteiger partial charge < -0.3 is 10.5 Å². The average molecular weight is 515 g/mol. The monoisotopic (exact) mass is 514 g/mol. The van der Waals surface area contributed by atoms with Gasteiger partial charge in [0, 0.05) is 17.0 Å². The van der Waals surface area contributed by atoms with Crippen molar-refractivity contribution in [1.29, 1.82) is 0 Å². The Morgan fingerprint density at radius 1 is 0.865 bits per heavy atom. The summed E-state index contributed by atoms with van der Waals surface area (Å²) < 4.78 is 5.91. The van der Waals surface area contributed by atoms with Crippen molar-refractivity contribution in [2.24, 2.45) is 0 Å². The van der Waals surface area contributed by atoms with Crippen LogP contribution in [0.1, 0.15) is 27.8 Å². The summed E-state index contributed by atoms with van der Waals surface area (Å²) in [5.41, 5.74) is 13.2. The van der Waals surface area contributed by atoms with Gasteiger partial charge in [-0.05, 0) is 90.9 Å². The van der Waals surface area contributed by atoms with E-state index in [0.717, 1.165) is 62.7 Å². The highest BCUT2D eigenvalue weighted by Gasteiger charge is 2.33. The summed E-state index contributed by atoms with van der Waals surface area (Å²) in [5.74, 6) is 1.17. The first-order valence-corrected chi connectivity index (χ1v) is 13.7. The van der Waals surface area contributed by atoms with Gasteiger partial charge in [0.25, 0.3) is 0 Å². The first-order valence-electron chi connectivity index (χ1n) is 12.0. The van der Waals surface area contributed by atoms with Gasteiger partial charge in [-0.15, -0.1) is 0 Å². The van der Waals surface area contributed by atoms with E-state index in [9.17, 15) is 14.7 Å². The SMILES string of the molecule is Cc1ccc2c(c1)nc(N)c1ncc(CCc3ccc(OCc4cccc([P+](O)(O)O)c4)cc3C)cc12. The fourth-order valence-electron chi connectivity index (χ4n) is 4.52. The summed E-state index contributed by atoms with van der Waals surface area (Å²) in [7, 11) is -4.04. The molecule has 0 fully saturated rings. The van der Waals surface area contributed by atoms with Crippen LogP contribution >= 0.6 is 7.94 Å². The summed E-state index contributed by atoms with van der Waals surface area (Å²) >= 11 is 0. The minimum absolute atomic E-state index is 0.102. The van der Waals surface area contributed by atoms with Gasteiger partial charge in [-0.2, -0.15) is 14.7 Å². The lowest BCUT2D eigenvalue weighted by Crippen LogP contribution is -2.10. The highest BCUT2D eigenvalue weighted by atomic mass is 31.2. The van der Waals surface area contributed by atoms with Crippen molar-refractivity contribution >= 4 is 40.9 Å². The molecule has 2 heterocycles. The van der Waals surface area contributed by atoms with Crippen LogP contribution in [0.2, 0.25) is 0 Å². The van der Waals surface area contributed by atoms with Crippen molar-refractivity contribution in [3.8, 4) is 5.75 Å². The number of anilines is 1. The third-order valence-electron chi connectivity index (χ3n) is 6.53. The minimum atomic E-state index is -4.04. The molecular weight excluding hydrogens is 485 g/mol. The number of fused-ring (bicyclic) bond motifs is 3. The molecule has 0 saturated carbocycles. The molecule has 5 N–H and O–H groups in total. The average Bonchev–Trinajstić information content (AvgIpc) is 2.86. The molecule has 0 atom stereocenters. The Balaban J connectivity index is 1.29. The van der Waals surface area contributed by atoms with Crippen molar-refractivity contribution in [2.75, 3.05) is 5.73 Å². The maximum atomic E-state index is 9.49. The Labute approximate surface area is 215 Å². The summed E-state index contributed by atoms with van der Waals surface area (Å²) in [6, 6.07) is 20.9. The second-order valence-electron chi connectivity index (χ2n) is 9.37. The molecule has 0 spiro atoms. The molecule has 0 amide bonds. The summed E-state index contributed by atoms with van der Waals surface area (Å²) in [5, 5.41) is 2.18. The van der Waals surface area contributed by atoms with E-state index in [0.29, 0.717) is 5.82 Å². The topological polar surface area (TPSA) is 122 Å². The van der Waals surface area contributed by atoms with E-state index in [1.54, 1.807) is 12.1 Å². The van der Waals surface area contributed by atoms with Crippen molar-refractivity contribution < 1.29 is 19.4 Å². The Hall–Kier alpha value is -3.61. The molecule has 2 aromatic heterocycles. The van der Waals surface area contributed by atoms with Gasteiger partial charge in [0.15, 0.2) is 11.1 Å². The number of nitrogens with two attached hydrogens (primary N) is 1. The smallest absolute Gasteiger partial charge is 0.440 e. The third-order valence-corrected chi connectivity index (χ3v) is 7.50. The molecule has 0 radical (unpaired) electrons. The van der Waals surface area contributed by atoms with Gasteiger partial charge in [-0.3, -0.25) is 4.98 Å². The molecule has 3 aromatic carbocycles. The first-order chi connectivity index (χ1) is 17.7. The van der Waals surface area contributed by atoms with Gasteiger partial charge in [-0.25, -0.2) is 4.98 Å². The molecule has 0 saturated heterocycles. The molecule has 37 heavy (non-hydrogen) atoms. The summed E-state index contributed by atoms with van der Waals surface area (Å²) in [4.78, 5) is 37.6. The van der Waals surface area contributed by atoms with Gasteiger partial charge >= 0.3 is 7.94 Å². The van der Waals surface area contributed by atoms with Gasteiger partial charge in [-0.1, -0.05) is 30.3 Å². The van der Waals surface area contributed by atoms with E-state index in [4.69, 9.17) is 10.5 Å². The van der Waals surface area contributed by atoms with Crippen molar-refractivity contribution in [3.05, 3.63) is 101 Å². The van der Waals surface area contributed by atoms with Crippen LogP contribution < -0.4 is 15.8 Å². The van der Waals surface area contributed by atoms with Crippen LogP contribution in [0.5, 0.6) is 5.75 Å². The standard InChI is InChI=1S/C29H29N3O4P/c1-18-6-11-25-26-15-20(16-31-28(26)29(30)32-27(25)12-18)7-8-22-9-10-23(13-19(22)2)36-17-21-4-3-5-24(14-21)37(33,34)35/h3-6,9-16,33-35H,7-8,17H2,1-2H3,(H2,30,32)/q+1. The van der Waals surface area contributed by atoms with E-state index in [1.807, 2.05) is 37.4 Å². The van der Waals surface area contributed by atoms with Crippen LogP contribution in [0.25, 0.3) is 21.8 Å². The Kier molecular flexibility index (Phi) is 6.80. The Morgan fingerprint density at radius 2 is 1.70 bits per heavy atom. The van der Waals surface area contributed by atoms with E-state index in [1.165, 1.54) is 11.6 Å². The number of hydrogen-bond donors (Lipinski definition) is 4. The molecule has 5 aromatic rings. The summed E-state index contributed by atoms with van der Waals surface area (Å²) in [6.45, 7) is 4.35. The van der Waals surface area contributed by atoms with Crippen molar-refractivity contribution in [2.45, 2.75) is 33.3 Å². The number of ether oxygens (including phenoxy) is 1. The van der Waals surface area contributed by atoms with Crippen LogP contribution in [0.15, 0.2) is 72.9 Å². The lowest BCUT2D eigenvalue weighted by atomic mass is 9.99. The van der Waals surface area contributed by atoms with E-state index in [2.05, 4.69) is 41.2 Å². The lowest BCUT2D eigenvalue weighted by Gasteiger charge is -2.12. The number of rotatable bonds is 7. The van der Waals surface area contributed by atoms with Gasteiger partial charge in [0.2, 0.25) is 0 Å². The van der Waals surface area contributed by atoms with Crippen LogP contribution in [-0.4, -0.2) is 24.6 Å². The van der Waals surface area contributed by atoms with E-state index in [-0.39, 0.29) is 11.9 Å². The minimum Gasteiger partial charge on any atom is -0.489 e. The molecular formula is C29H29N3O4P+. The third kappa shape index (κ3) is 5.55. The van der Waals surface area contributed by atoms with Crippen LogP contribution in [0.4, 0.5) is 5.82 Å². The van der Waals surface area contributed by atoms with Crippen LogP contribution in [0.3, 0.4) is 0 Å². The fraction of sp³-hybridized carbons (Fsp3) is 0.172. The van der Waals surface area contributed by atoms with Gasteiger partial charge in [0.05, 0.1) is 5.52 Å². The van der Waals surface area contributed by atoms with E-state index >= 15 is 0 Å². The number of aryl methyl sites for hydroxylation is 4. The first kappa shape index (κ1) is 25.1. The van der Waals surface area contributed by atoms with Gasteiger partial charge in [0.1, 0.15) is 17.9 Å². The molecule has 0 aliphatic carbocycles. The van der Waals surface area contributed by atoms with Crippen LogP contribution in [0, 0.1) is 13.8 Å². The molecule has 0 aliphatic rings. The number of aromatic nitrogens is 2. The molecule has 7 nitrogen and oxygen atoms in total. The zero-order valence-electron chi connectivity index (χ0n) is 20.7. The Morgan fingerprint density at radius 3 is 2.49 bits per heavy atom. The van der Waals surface area contributed by atoms with Crippen LogP contribution in [-0.2, 0) is 19.4 Å². The second kappa shape index (κ2) is 10.0. The zero-order valence-corrected chi connectivity index (χ0v) is 21.6. The number of nitrogen functional groups attached to an aromatic ring is 1. The fourth-order valence-corrected chi connectivity index (χ4v) is 5.14. The predicted molar refractivity (Wildman–Crippen MR) is 149 cm³/mol. The molecule has 188 valence electrons. The largest absolute Gasteiger partial charge is 0.489 e. The van der Waals surface area contributed by atoms with E-state index < -0.39 is 7.94 Å². The molecule has 8 heteroatoms. The maximum absolute atomic E-state index is 9.49. The number of benzene rings is 3. The highest BCUT2D eigenvalue weighted by Crippen LogP contribution is 2.42. The van der Waals surface area contributed by atoms with Crippen molar-refractivity contribution in [1.82, 2.24) is 9.97 Å².